The van der Waals surface area contributed by atoms with E-state index in [1.165, 1.54) is 0 Å². The van der Waals surface area contributed by atoms with E-state index in [9.17, 15) is 4.79 Å². The van der Waals surface area contributed by atoms with Gasteiger partial charge in [0.15, 0.2) is 5.78 Å². The van der Waals surface area contributed by atoms with E-state index in [2.05, 4.69) is 4.99 Å². The zero-order valence-electron chi connectivity index (χ0n) is 7.00. The fraction of sp³-hybridized carbons (Fsp3) is 0.556. The van der Waals surface area contributed by atoms with Crippen molar-refractivity contribution in [3.8, 4) is 0 Å². The molecule has 0 saturated carbocycles. The first-order chi connectivity index (χ1) is 5.20. The van der Waals surface area contributed by atoms with Crippen LogP contribution in [0, 0.1) is 5.92 Å². The molecular formula is C9H13NO. The Morgan fingerprint density at radius 2 is 2.45 bits per heavy atom. The van der Waals surface area contributed by atoms with E-state index in [4.69, 9.17) is 0 Å². The molecule has 0 bridgehead atoms. The molecule has 2 nitrogen and oxygen atoms in total. The molecule has 0 unspecified atom stereocenters. The fourth-order valence-electron chi connectivity index (χ4n) is 1.03. The molecule has 0 radical (unpaired) electrons. The third kappa shape index (κ3) is 2.30. The first kappa shape index (κ1) is 8.18. The summed E-state index contributed by atoms with van der Waals surface area (Å²) in [6.07, 6.45) is 4.19. The lowest BCUT2D eigenvalue weighted by atomic mass is 10.0. The molecule has 2 heteroatoms. The summed E-state index contributed by atoms with van der Waals surface area (Å²) in [6, 6.07) is 0. The van der Waals surface area contributed by atoms with Crippen LogP contribution in [0.3, 0.4) is 0 Å². The van der Waals surface area contributed by atoms with Gasteiger partial charge in [-0.15, -0.1) is 0 Å². The van der Waals surface area contributed by atoms with E-state index in [0.29, 0.717) is 18.9 Å². The second-order valence-corrected chi connectivity index (χ2v) is 3.17. The number of rotatable bonds is 3. The van der Waals surface area contributed by atoms with Crippen LogP contribution in [-0.2, 0) is 4.79 Å². The molecule has 0 aromatic rings. The maximum Gasteiger partial charge on any atom is 0.164 e. The van der Waals surface area contributed by atoms with Crippen LogP contribution >= 0.6 is 0 Å². The van der Waals surface area contributed by atoms with Crippen LogP contribution in [-0.4, -0.2) is 18.5 Å². The van der Waals surface area contributed by atoms with Gasteiger partial charge in [-0.3, -0.25) is 9.79 Å². The molecule has 0 amide bonds. The second kappa shape index (κ2) is 3.46. The Morgan fingerprint density at radius 3 is 2.91 bits per heavy atom. The number of hydrogen-bond donors (Lipinski definition) is 0. The molecule has 1 heterocycles. The lowest BCUT2D eigenvalue weighted by Crippen LogP contribution is -2.05. The largest absolute Gasteiger partial charge is 0.294 e. The van der Waals surface area contributed by atoms with Crippen LogP contribution in [0.25, 0.3) is 0 Å². The summed E-state index contributed by atoms with van der Waals surface area (Å²) in [4.78, 5) is 15.3. The van der Waals surface area contributed by atoms with Crippen molar-refractivity contribution in [1.29, 1.82) is 0 Å². The molecule has 1 aliphatic rings. The molecule has 0 N–H and O–H groups in total. The molecule has 0 spiro atoms. The Bertz CT molecular complexity index is 214. The number of carbonyl (C=O) groups excluding carboxylic acids is 1. The van der Waals surface area contributed by atoms with Gasteiger partial charge in [0.2, 0.25) is 0 Å². The lowest BCUT2D eigenvalue weighted by molar-refractivity contribution is -0.115. The highest BCUT2D eigenvalue weighted by Gasteiger charge is 2.10. The molecule has 1 rings (SSSR count). The molecule has 0 aliphatic carbocycles. The third-order valence-corrected chi connectivity index (χ3v) is 1.56. The minimum absolute atomic E-state index is 0.223. The maximum absolute atomic E-state index is 11.3. The van der Waals surface area contributed by atoms with E-state index in [1.54, 1.807) is 6.21 Å². The van der Waals surface area contributed by atoms with E-state index >= 15 is 0 Å². The normalized spacial score (nSPS) is 15.7. The van der Waals surface area contributed by atoms with Gasteiger partial charge in [-0.05, 0) is 5.92 Å². The first-order valence-electron chi connectivity index (χ1n) is 3.93. The number of nitrogens with zero attached hydrogens (tertiary/aromatic N) is 1. The molecule has 0 saturated heterocycles. The summed E-state index contributed by atoms with van der Waals surface area (Å²) in [6.45, 7) is 4.77. The minimum Gasteiger partial charge on any atom is -0.294 e. The fourth-order valence-corrected chi connectivity index (χ4v) is 1.03. The summed E-state index contributed by atoms with van der Waals surface area (Å²) < 4.78 is 0. The number of Topliss-reactive ketones (excluding diaryl/α,β-unsaturated/α-hetero) is 1. The molecule has 11 heavy (non-hydrogen) atoms. The Kier molecular flexibility index (Phi) is 2.58. The molecule has 1 aliphatic heterocycles. The van der Waals surface area contributed by atoms with Gasteiger partial charge >= 0.3 is 0 Å². The van der Waals surface area contributed by atoms with Crippen molar-refractivity contribution in [3.05, 3.63) is 11.6 Å². The topological polar surface area (TPSA) is 29.4 Å². The quantitative estimate of drug-likeness (QED) is 0.602. The zero-order chi connectivity index (χ0) is 8.27. The summed E-state index contributed by atoms with van der Waals surface area (Å²) >= 11 is 0. The van der Waals surface area contributed by atoms with Gasteiger partial charge in [0, 0.05) is 18.2 Å². The predicted molar refractivity (Wildman–Crippen MR) is 45.9 cm³/mol. The van der Waals surface area contributed by atoms with Crippen LogP contribution in [0.15, 0.2) is 16.6 Å². The number of ketones is 1. The minimum atomic E-state index is 0.223. The van der Waals surface area contributed by atoms with Gasteiger partial charge in [0.1, 0.15) is 0 Å². The highest BCUT2D eigenvalue weighted by molar-refractivity contribution is 6.14. The Hall–Kier alpha value is -0.920. The molecule has 0 aromatic heterocycles. The van der Waals surface area contributed by atoms with E-state index in [0.717, 1.165) is 5.57 Å². The molecule has 0 aromatic carbocycles. The van der Waals surface area contributed by atoms with Crippen LogP contribution in [0.4, 0.5) is 0 Å². The van der Waals surface area contributed by atoms with Crippen molar-refractivity contribution in [1.82, 2.24) is 0 Å². The monoisotopic (exact) mass is 151 g/mol. The smallest absolute Gasteiger partial charge is 0.164 e. The van der Waals surface area contributed by atoms with E-state index < -0.39 is 0 Å². The van der Waals surface area contributed by atoms with Crippen LogP contribution in [0.1, 0.15) is 20.3 Å². The third-order valence-electron chi connectivity index (χ3n) is 1.56. The average molecular weight is 151 g/mol. The van der Waals surface area contributed by atoms with Gasteiger partial charge in [-0.1, -0.05) is 19.9 Å². The summed E-state index contributed by atoms with van der Waals surface area (Å²) in [5, 5.41) is 0. The van der Waals surface area contributed by atoms with Crippen molar-refractivity contribution in [2.24, 2.45) is 10.9 Å². The SMILES string of the molecule is CC(C)CC(=O)C1=CCN=C1. The summed E-state index contributed by atoms with van der Waals surface area (Å²) in [5.41, 5.74) is 0.790. The van der Waals surface area contributed by atoms with Gasteiger partial charge < -0.3 is 0 Å². The number of carbonyl (C=O) groups is 1. The van der Waals surface area contributed by atoms with Crippen LogP contribution in [0.5, 0.6) is 0 Å². The Morgan fingerprint density at radius 1 is 1.73 bits per heavy atom. The molecule has 60 valence electrons. The maximum atomic E-state index is 11.3. The van der Waals surface area contributed by atoms with Gasteiger partial charge in [0.05, 0.1) is 6.54 Å². The predicted octanol–water partition coefficient (Wildman–Crippen LogP) is 1.61. The van der Waals surface area contributed by atoms with Gasteiger partial charge in [-0.2, -0.15) is 0 Å². The van der Waals surface area contributed by atoms with Gasteiger partial charge in [-0.25, -0.2) is 0 Å². The van der Waals surface area contributed by atoms with Crippen molar-refractivity contribution < 1.29 is 4.79 Å². The zero-order valence-corrected chi connectivity index (χ0v) is 7.00. The van der Waals surface area contributed by atoms with Crippen LogP contribution in [0.2, 0.25) is 0 Å². The standard InChI is InChI=1S/C9H13NO/c1-7(2)5-9(11)8-3-4-10-6-8/h3,6-7H,4-5H2,1-2H3. The van der Waals surface area contributed by atoms with Crippen LogP contribution < -0.4 is 0 Å². The van der Waals surface area contributed by atoms with Crippen molar-refractivity contribution >= 4 is 12.0 Å². The van der Waals surface area contributed by atoms with E-state index in [1.807, 2.05) is 19.9 Å². The summed E-state index contributed by atoms with van der Waals surface area (Å²) in [7, 11) is 0. The Labute approximate surface area is 67.0 Å². The molecule has 0 fully saturated rings. The number of allylic oxidation sites excluding steroid dienone is 1. The number of hydrogen-bond acceptors (Lipinski definition) is 2. The molecule has 0 atom stereocenters. The summed E-state index contributed by atoms with van der Waals surface area (Å²) in [5.74, 6) is 0.665. The second-order valence-electron chi connectivity index (χ2n) is 3.17. The highest BCUT2D eigenvalue weighted by Crippen LogP contribution is 2.08. The van der Waals surface area contributed by atoms with Gasteiger partial charge in [0.25, 0.3) is 0 Å². The Balaban J connectivity index is 2.48. The molecular weight excluding hydrogens is 138 g/mol. The first-order valence-corrected chi connectivity index (χ1v) is 3.93. The average Bonchev–Trinajstić information content (AvgIpc) is 2.35. The highest BCUT2D eigenvalue weighted by atomic mass is 16.1. The van der Waals surface area contributed by atoms with Crippen molar-refractivity contribution in [3.63, 3.8) is 0 Å². The number of aliphatic imine (C=N–C) groups is 1. The lowest BCUT2D eigenvalue weighted by Gasteiger charge is -2.01. The van der Waals surface area contributed by atoms with E-state index in [-0.39, 0.29) is 5.78 Å². The van der Waals surface area contributed by atoms with Crippen molar-refractivity contribution in [2.75, 3.05) is 6.54 Å². The van der Waals surface area contributed by atoms with Crippen molar-refractivity contribution in [2.45, 2.75) is 20.3 Å².